The van der Waals surface area contributed by atoms with Crippen LogP contribution in [-0.4, -0.2) is 23.0 Å². The molecule has 1 atom stereocenters. The fourth-order valence-electron chi connectivity index (χ4n) is 2.58. The number of carbonyl (C=O) groups is 2. The summed E-state index contributed by atoms with van der Waals surface area (Å²) >= 11 is 0. The largest absolute Gasteiger partial charge is 0.372 e. The number of benzene rings is 2. The van der Waals surface area contributed by atoms with Gasteiger partial charge in [0.15, 0.2) is 11.4 Å². The summed E-state index contributed by atoms with van der Waals surface area (Å²) in [5.74, 6) is -1.22. The first kappa shape index (κ1) is 17.8. The van der Waals surface area contributed by atoms with Crippen molar-refractivity contribution in [2.75, 3.05) is 0 Å². The zero-order valence-corrected chi connectivity index (χ0v) is 13.2. The quantitative estimate of drug-likeness (QED) is 0.437. The second kappa shape index (κ2) is 7.35. The summed E-state index contributed by atoms with van der Waals surface area (Å²) in [6.07, 6.45) is -0.198. The number of aliphatic hydroxyl groups is 1. The van der Waals surface area contributed by atoms with Crippen molar-refractivity contribution in [1.29, 1.82) is 0 Å². The molecule has 0 aliphatic carbocycles. The zero-order valence-electron chi connectivity index (χ0n) is 13.2. The predicted molar refractivity (Wildman–Crippen MR) is 90.8 cm³/mol. The Balaban J connectivity index is 2.53. The minimum absolute atomic E-state index is 0.109. The average Bonchev–Trinajstić information content (AvgIpc) is 2.59. The van der Waals surface area contributed by atoms with E-state index < -0.39 is 17.7 Å². The maximum absolute atomic E-state index is 12.5. The highest BCUT2D eigenvalue weighted by Gasteiger charge is 2.40. The van der Waals surface area contributed by atoms with Gasteiger partial charge in [0.25, 0.3) is 5.91 Å². The number of nitrogens with two attached hydrogens (primary N) is 3. The summed E-state index contributed by atoms with van der Waals surface area (Å²) in [7, 11) is 0. The smallest absolute Gasteiger partial charge is 0.258 e. The van der Waals surface area contributed by atoms with Gasteiger partial charge in [-0.2, -0.15) is 0 Å². The molecule has 1 amide bonds. The molecule has 0 aliphatic rings. The molecule has 0 aliphatic heterocycles. The Morgan fingerprint density at radius 3 is 2.17 bits per heavy atom. The Labute approximate surface area is 140 Å². The molecular weight excluding hydrogens is 306 g/mol. The molecule has 0 saturated heterocycles. The third-order valence-electron chi connectivity index (χ3n) is 3.87. The van der Waals surface area contributed by atoms with Crippen molar-refractivity contribution >= 4 is 11.7 Å². The summed E-state index contributed by atoms with van der Waals surface area (Å²) in [4.78, 5) is 24.6. The SMILES string of the molecule is NC(=O)C(O)(c1ccccc1)c1ccccc1C(=O)CCC(N)N. The van der Waals surface area contributed by atoms with Gasteiger partial charge in [-0.25, -0.2) is 0 Å². The fourth-order valence-corrected chi connectivity index (χ4v) is 2.58. The van der Waals surface area contributed by atoms with Gasteiger partial charge in [-0.15, -0.1) is 0 Å². The van der Waals surface area contributed by atoms with Gasteiger partial charge in [-0.1, -0.05) is 54.6 Å². The maximum atomic E-state index is 12.5. The number of ketones is 1. The molecule has 0 aromatic heterocycles. The van der Waals surface area contributed by atoms with Crippen LogP contribution in [0.5, 0.6) is 0 Å². The van der Waals surface area contributed by atoms with Crippen LogP contribution in [0.3, 0.4) is 0 Å². The summed E-state index contributed by atoms with van der Waals surface area (Å²) in [6.45, 7) is 0. The van der Waals surface area contributed by atoms with Gasteiger partial charge in [-0.3, -0.25) is 9.59 Å². The third kappa shape index (κ3) is 3.51. The highest BCUT2D eigenvalue weighted by Crippen LogP contribution is 2.32. The number of Topliss-reactive ketones (excluding diaryl/α,β-unsaturated/α-hetero) is 1. The van der Waals surface area contributed by atoms with Gasteiger partial charge in [-0.05, 0) is 12.0 Å². The normalized spacial score (nSPS) is 13.5. The molecule has 0 heterocycles. The Morgan fingerprint density at radius 2 is 1.58 bits per heavy atom. The van der Waals surface area contributed by atoms with E-state index in [9.17, 15) is 14.7 Å². The van der Waals surface area contributed by atoms with Crippen LogP contribution in [0.4, 0.5) is 0 Å². The van der Waals surface area contributed by atoms with Gasteiger partial charge in [0, 0.05) is 17.5 Å². The van der Waals surface area contributed by atoms with Crippen molar-refractivity contribution in [3.05, 3.63) is 71.3 Å². The maximum Gasteiger partial charge on any atom is 0.258 e. The van der Waals surface area contributed by atoms with Crippen molar-refractivity contribution < 1.29 is 14.7 Å². The summed E-state index contributed by atoms with van der Waals surface area (Å²) in [6, 6.07) is 14.7. The zero-order chi connectivity index (χ0) is 17.7. The second-order valence-electron chi connectivity index (χ2n) is 5.61. The summed E-state index contributed by atoms with van der Waals surface area (Å²) in [5, 5.41) is 11.1. The van der Waals surface area contributed by atoms with Gasteiger partial charge < -0.3 is 22.3 Å². The molecule has 6 heteroatoms. The molecule has 1 unspecified atom stereocenters. The van der Waals surface area contributed by atoms with E-state index in [0.29, 0.717) is 12.0 Å². The number of carbonyl (C=O) groups excluding carboxylic acids is 2. The van der Waals surface area contributed by atoms with Crippen molar-refractivity contribution in [3.8, 4) is 0 Å². The fraction of sp³-hybridized carbons (Fsp3) is 0.222. The standard InChI is InChI=1S/C18H21N3O3/c19-16(20)11-10-15(22)13-8-4-5-9-14(13)18(24,17(21)23)12-6-2-1-3-7-12/h1-9,16,24H,10-11,19-20H2,(H2,21,23). The highest BCUT2D eigenvalue weighted by molar-refractivity contribution is 6.00. The first-order valence-corrected chi connectivity index (χ1v) is 7.59. The lowest BCUT2D eigenvalue weighted by Crippen LogP contribution is -2.43. The molecule has 6 nitrogen and oxygen atoms in total. The Bertz CT molecular complexity index is 731. The molecule has 0 fully saturated rings. The molecule has 7 N–H and O–H groups in total. The van der Waals surface area contributed by atoms with E-state index in [1.165, 1.54) is 6.07 Å². The van der Waals surface area contributed by atoms with Crippen LogP contribution < -0.4 is 17.2 Å². The van der Waals surface area contributed by atoms with Crippen LogP contribution in [0.15, 0.2) is 54.6 Å². The van der Waals surface area contributed by atoms with Gasteiger partial charge in [0.1, 0.15) is 0 Å². The number of hydrogen-bond acceptors (Lipinski definition) is 5. The lowest BCUT2D eigenvalue weighted by atomic mass is 9.81. The number of primary amides is 1. The second-order valence-corrected chi connectivity index (χ2v) is 5.61. The van der Waals surface area contributed by atoms with E-state index in [0.717, 1.165) is 0 Å². The van der Waals surface area contributed by atoms with E-state index in [4.69, 9.17) is 17.2 Å². The van der Waals surface area contributed by atoms with Crippen molar-refractivity contribution in [2.24, 2.45) is 17.2 Å². The Morgan fingerprint density at radius 1 is 1.00 bits per heavy atom. The topological polar surface area (TPSA) is 132 Å². The molecule has 0 saturated carbocycles. The lowest BCUT2D eigenvalue weighted by molar-refractivity contribution is -0.133. The Hall–Kier alpha value is -2.54. The van der Waals surface area contributed by atoms with Crippen LogP contribution in [-0.2, 0) is 10.4 Å². The van der Waals surface area contributed by atoms with Gasteiger partial charge in [0.2, 0.25) is 0 Å². The van der Waals surface area contributed by atoms with Crippen LogP contribution in [0.1, 0.15) is 34.3 Å². The van der Waals surface area contributed by atoms with E-state index in [1.54, 1.807) is 48.5 Å². The van der Waals surface area contributed by atoms with Gasteiger partial charge in [0.05, 0.1) is 6.17 Å². The van der Waals surface area contributed by atoms with E-state index in [1.807, 2.05) is 0 Å². The molecule has 0 spiro atoms. The van der Waals surface area contributed by atoms with E-state index >= 15 is 0 Å². The molecule has 0 bridgehead atoms. The summed E-state index contributed by atoms with van der Waals surface area (Å²) in [5.41, 5.74) is 15.0. The molecule has 2 aromatic carbocycles. The first-order valence-electron chi connectivity index (χ1n) is 7.59. The van der Waals surface area contributed by atoms with E-state index in [2.05, 4.69) is 0 Å². The third-order valence-corrected chi connectivity index (χ3v) is 3.87. The molecule has 24 heavy (non-hydrogen) atoms. The molecular formula is C18H21N3O3. The number of hydrogen-bond donors (Lipinski definition) is 4. The van der Waals surface area contributed by atoms with Gasteiger partial charge >= 0.3 is 0 Å². The monoisotopic (exact) mass is 327 g/mol. The van der Waals surface area contributed by atoms with Crippen molar-refractivity contribution in [2.45, 2.75) is 24.6 Å². The summed E-state index contributed by atoms with van der Waals surface area (Å²) < 4.78 is 0. The molecule has 2 rings (SSSR count). The molecule has 2 aromatic rings. The van der Waals surface area contributed by atoms with Crippen LogP contribution in [0.2, 0.25) is 0 Å². The lowest BCUT2D eigenvalue weighted by Gasteiger charge is -2.27. The molecule has 126 valence electrons. The van der Waals surface area contributed by atoms with Crippen LogP contribution >= 0.6 is 0 Å². The van der Waals surface area contributed by atoms with Crippen LogP contribution in [0, 0.1) is 0 Å². The minimum Gasteiger partial charge on any atom is -0.372 e. The Kier molecular flexibility index (Phi) is 5.46. The highest BCUT2D eigenvalue weighted by atomic mass is 16.3. The van der Waals surface area contributed by atoms with Crippen LogP contribution in [0.25, 0.3) is 0 Å². The first-order chi connectivity index (χ1) is 11.4. The molecule has 0 radical (unpaired) electrons. The van der Waals surface area contributed by atoms with Crippen molar-refractivity contribution in [3.63, 3.8) is 0 Å². The van der Waals surface area contributed by atoms with E-state index in [-0.39, 0.29) is 23.3 Å². The number of rotatable bonds is 7. The average molecular weight is 327 g/mol. The minimum atomic E-state index is -2.10. The predicted octanol–water partition coefficient (Wildman–Crippen LogP) is 0.614. The number of amides is 1. The van der Waals surface area contributed by atoms with Crippen molar-refractivity contribution in [1.82, 2.24) is 0 Å².